The number of rotatable bonds is 7. The van der Waals surface area contributed by atoms with Gasteiger partial charge < -0.3 is 25.2 Å². The van der Waals surface area contributed by atoms with E-state index in [2.05, 4.69) is 10.3 Å². The number of H-pyrrole nitrogens is 1. The third-order valence-electron chi connectivity index (χ3n) is 5.30. The van der Waals surface area contributed by atoms with Gasteiger partial charge in [-0.3, -0.25) is 14.4 Å². The van der Waals surface area contributed by atoms with Crippen molar-refractivity contribution in [1.82, 2.24) is 20.1 Å². The predicted octanol–water partition coefficient (Wildman–Crippen LogP) is 1.40. The van der Waals surface area contributed by atoms with Gasteiger partial charge in [-0.25, -0.2) is 8.78 Å². The van der Waals surface area contributed by atoms with Crippen molar-refractivity contribution in [2.24, 2.45) is 0 Å². The molecule has 2 heterocycles. The topological polar surface area (TPSA) is 106 Å². The minimum Gasteiger partial charge on any atom is -0.396 e. The summed E-state index contributed by atoms with van der Waals surface area (Å²) in [5.41, 5.74) is 0.334. The van der Waals surface area contributed by atoms with Crippen LogP contribution in [-0.2, 0) is 9.59 Å². The number of unbranched alkanes of at least 4 members (excludes halogenated alkanes) is 3. The lowest BCUT2D eigenvalue weighted by atomic mass is 10.2. The summed E-state index contributed by atoms with van der Waals surface area (Å²) in [7, 11) is 0. The van der Waals surface area contributed by atoms with Gasteiger partial charge in [0.25, 0.3) is 5.91 Å². The van der Waals surface area contributed by atoms with Crippen LogP contribution in [0.1, 0.15) is 36.2 Å². The molecule has 10 heteroatoms. The minimum atomic E-state index is -0.750. The van der Waals surface area contributed by atoms with Gasteiger partial charge in [-0.2, -0.15) is 0 Å². The number of aromatic nitrogens is 1. The van der Waals surface area contributed by atoms with E-state index in [1.807, 2.05) is 0 Å². The first-order chi connectivity index (χ1) is 14.9. The molecule has 2 aromatic rings. The monoisotopic (exact) mass is 436 g/mol. The molecule has 0 bridgehead atoms. The quantitative estimate of drug-likeness (QED) is 0.451. The Morgan fingerprint density at radius 1 is 0.968 bits per heavy atom. The summed E-state index contributed by atoms with van der Waals surface area (Å²) in [6.45, 7) is 1.41. The number of hydrogen-bond acceptors (Lipinski definition) is 4. The average Bonchev–Trinajstić information content (AvgIpc) is 3.19. The fraction of sp³-hybridized carbons (Fsp3) is 0.476. The van der Waals surface area contributed by atoms with Gasteiger partial charge in [0.05, 0.1) is 5.52 Å². The smallest absolute Gasteiger partial charge is 0.312 e. The van der Waals surface area contributed by atoms with Gasteiger partial charge >= 0.3 is 11.8 Å². The number of hydrogen-bond donors (Lipinski definition) is 3. The van der Waals surface area contributed by atoms with Crippen LogP contribution in [0.2, 0.25) is 0 Å². The number of fused-ring (bicyclic) bond motifs is 1. The molecule has 1 aliphatic rings. The molecule has 0 unspecified atom stereocenters. The Hall–Kier alpha value is -3.01. The molecule has 168 valence electrons. The molecule has 3 rings (SSSR count). The number of halogens is 2. The maximum atomic E-state index is 13.9. The number of aromatic amines is 1. The van der Waals surface area contributed by atoms with E-state index in [-0.39, 0.29) is 55.3 Å². The molecule has 31 heavy (non-hydrogen) atoms. The number of nitrogens with zero attached hydrogens (tertiary/aromatic N) is 2. The zero-order chi connectivity index (χ0) is 22.4. The van der Waals surface area contributed by atoms with Crippen molar-refractivity contribution in [2.45, 2.75) is 25.7 Å². The van der Waals surface area contributed by atoms with Crippen LogP contribution in [0.3, 0.4) is 0 Å². The van der Waals surface area contributed by atoms with Crippen molar-refractivity contribution in [3.05, 3.63) is 35.5 Å². The average molecular weight is 436 g/mol. The van der Waals surface area contributed by atoms with Gasteiger partial charge in [-0.1, -0.05) is 12.8 Å². The summed E-state index contributed by atoms with van der Waals surface area (Å²) in [6.07, 6.45) is 3.19. The molecule has 0 saturated carbocycles. The van der Waals surface area contributed by atoms with Crippen molar-refractivity contribution in [3.63, 3.8) is 0 Å². The second-order valence-corrected chi connectivity index (χ2v) is 7.51. The number of aliphatic hydroxyl groups excluding tert-OH is 1. The summed E-state index contributed by atoms with van der Waals surface area (Å²) in [5.74, 6) is -3.17. The van der Waals surface area contributed by atoms with Gasteiger partial charge in [0, 0.05) is 50.8 Å². The number of piperazine rings is 1. The van der Waals surface area contributed by atoms with Crippen LogP contribution in [0, 0.1) is 11.6 Å². The summed E-state index contributed by atoms with van der Waals surface area (Å²) in [6, 6.07) is 3.23. The first-order valence-electron chi connectivity index (χ1n) is 10.4. The molecule has 3 N–H and O–H groups in total. The van der Waals surface area contributed by atoms with E-state index in [0.717, 1.165) is 37.8 Å². The Balaban J connectivity index is 1.48. The molecule has 1 aromatic heterocycles. The zero-order valence-corrected chi connectivity index (χ0v) is 17.1. The lowest BCUT2D eigenvalue weighted by Crippen LogP contribution is -2.54. The SMILES string of the molecule is O=C(NCCCCCCO)C(=O)N1CCN(C(=O)c2cc3c(F)cc(F)cc3[nH]2)CC1. The first-order valence-corrected chi connectivity index (χ1v) is 10.4. The fourth-order valence-electron chi connectivity index (χ4n) is 3.57. The Morgan fingerprint density at radius 2 is 1.65 bits per heavy atom. The largest absolute Gasteiger partial charge is 0.396 e. The van der Waals surface area contributed by atoms with E-state index in [4.69, 9.17) is 5.11 Å². The lowest BCUT2D eigenvalue weighted by molar-refractivity contribution is -0.146. The molecule has 3 amide bonds. The number of aliphatic hydroxyl groups is 1. The van der Waals surface area contributed by atoms with Gasteiger partial charge in [-0.05, 0) is 25.0 Å². The molecule has 1 saturated heterocycles. The van der Waals surface area contributed by atoms with Gasteiger partial charge in [0.2, 0.25) is 0 Å². The standard InChI is InChI=1S/C21H26F2N4O4/c22-14-11-16(23)15-13-18(25-17(15)12-14)20(30)26-6-8-27(9-7-26)21(31)19(29)24-5-3-1-2-4-10-28/h11-13,25,28H,1-10H2,(H,24,29). The third-order valence-corrected chi connectivity index (χ3v) is 5.30. The normalized spacial score (nSPS) is 14.2. The summed E-state index contributed by atoms with van der Waals surface area (Å²) >= 11 is 0. The highest BCUT2D eigenvalue weighted by atomic mass is 19.1. The molecular formula is C21H26F2N4O4. The van der Waals surface area contributed by atoms with Crippen LogP contribution < -0.4 is 5.32 Å². The summed E-state index contributed by atoms with van der Waals surface area (Å²) in [4.78, 5) is 42.7. The molecule has 1 aliphatic heterocycles. The number of amides is 3. The Kier molecular flexibility index (Phi) is 7.56. The zero-order valence-electron chi connectivity index (χ0n) is 17.1. The van der Waals surface area contributed by atoms with E-state index in [9.17, 15) is 23.2 Å². The Morgan fingerprint density at radius 3 is 2.35 bits per heavy atom. The van der Waals surface area contributed by atoms with Crippen LogP contribution in [-0.4, -0.2) is 76.9 Å². The van der Waals surface area contributed by atoms with Crippen LogP contribution in [0.4, 0.5) is 8.78 Å². The third kappa shape index (κ3) is 5.57. The van der Waals surface area contributed by atoms with Crippen LogP contribution in [0.5, 0.6) is 0 Å². The predicted molar refractivity (Wildman–Crippen MR) is 109 cm³/mol. The van der Waals surface area contributed by atoms with E-state index in [1.54, 1.807) is 0 Å². The van der Waals surface area contributed by atoms with Crippen LogP contribution in [0.15, 0.2) is 18.2 Å². The van der Waals surface area contributed by atoms with Crippen molar-refractivity contribution >= 4 is 28.6 Å². The number of benzene rings is 1. The highest BCUT2D eigenvalue weighted by molar-refractivity contribution is 6.35. The minimum absolute atomic E-state index is 0.131. The van der Waals surface area contributed by atoms with Gasteiger partial charge in [-0.15, -0.1) is 0 Å². The molecular weight excluding hydrogens is 410 g/mol. The summed E-state index contributed by atoms with van der Waals surface area (Å²) in [5, 5.41) is 11.5. The lowest BCUT2D eigenvalue weighted by Gasteiger charge is -2.34. The highest BCUT2D eigenvalue weighted by Gasteiger charge is 2.28. The second kappa shape index (κ2) is 10.3. The van der Waals surface area contributed by atoms with Gasteiger partial charge in [0.1, 0.15) is 17.3 Å². The van der Waals surface area contributed by atoms with E-state index in [1.165, 1.54) is 15.9 Å². The van der Waals surface area contributed by atoms with Crippen molar-refractivity contribution in [1.29, 1.82) is 0 Å². The second-order valence-electron chi connectivity index (χ2n) is 7.51. The maximum absolute atomic E-state index is 13.9. The van der Waals surface area contributed by atoms with E-state index in [0.29, 0.717) is 6.54 Å². The molecule has 0 radical (unpaired) electrons. The number of carbonyl (C=O) groups excluding carboxylic acids is 3. The fourth-order valence-corrected chi connectivity index (χ4v) is 3.57. The molecule has 0 spiro atoms. The van der Waals surface area contributed by atoms with E-state index >= 15 is 0 Å². The Bertz CT molecular complexity index is 954. The molecule has 0 atom stereocenters. The van der Waals surface area contributed by atoms with Crippen LogP contribution >= 0.6 is 0 Å². The maximum Gasteiger partial charge on any atom is 0.312 e. The number of nitrogens with one attached hydrogen (secondary N) is 2. The van der Waals surface area contributed by atoms with E-state index < -0.39 is 23.4 Å². The highest BCUT2D eigenvalue weighted by Crippen LogP contribution is 2.21. The van der Waals surface area contributed by atoms with Gasteiger partial charge in [0.15, 0.2) is 0 Å². The molecule has 1 aromatic carbocycles. The summed E-state index contributed by atoms with van der Waals surface area (Å²) < 4.78 is 27.2. The molecule has 0 aliphatic carbocycles. The van der Waals surface area contributed by atoms with Crippen molar-refractivity contribution in [2.75, 3.05) is 39.3 Å². The number of carbonyl (C=O) groups is 3. The Labute approximate surface area is 178 Å². The molecule has 1 fully saturated rings. The van der Waals surface area contributed by atoms with Crippen molar-refractivity contribution < 1.29 is 28.3 Å². The van der Waals surface area contributed by atoms with Crippen LogP contribution in [0.25, 0.3) is 10.9 Å². The first kappa shape index (κ1) is 22.7. The molecule has 8 nitrogen and oxygen atoms in total. The van der Waals surface area contributed by atoms with Crippen molar-refractivity contribution in [3.8, 4) is 0 Å².